The number of benzene rings is 1. The van der Waals surface area contributed by atoms with Crippen LogP contribution in [0.25, 0.3) is 0 Å². The van der Waals surface area contributed by atoms with Gasteiger partial charge >= 0.3 is 0 Å². The van der Waals surface area contributed by atoms with Crippen LogP contribution in [-0.2, 0) is 17.6 Å². The second-order valence-electron chi connectivity index (χ2n) is 8.78. The van der Waals surface area contributed by atoms with Crippen molar-refractivity contribution in [1.82, 2.24) is 4.90 Å². The first-order chi connectivity index (χ1) is 15.7. The molecule has 0 spiro atoms. The van der Waals surface area contributed by atoms with Gasteiger partial charge in [0.15, 0.2) is 11.5 Å². The van der Waals surface area contributed by atoms with Crippen molar-refractivity contribution >= 4 is 22.2 Å². The van der Waals surface area contributed by atoms with Crippen LogP contribution in [0.5, 0.6) is 11.5 Å². The number of fused-ring (bicyclic) bond motifs is 2. The summed E-state index contributed by atoms with van der Waals surface area (Å²) < 4.78 is 11.6. The number of nitriles is 1. The number of likely N-dealkylation sites (tertiary alicyclic amines) is 1. The SMILES string of the molecule is N#Cc1c(NC(=O)CCN2CCC[C@H]2c2ccc3c(c2)OCCCO3)sc2c1CCCC2. The van der Waals surface area contributed by atoms with Gasteiger partial charge in [0.1, 0.15) is 11.1 Å². The van der Waals surface area contributed by atoms with Crippen molar-refractivity contribution in [3.8, 4) is 17.6 Å². The summed E-state index contributed by atoms with van der Waals surface area (Å²) in [4.78, 5) is 16.4. The number of hydrogen-bond acceptors (Lipinski definition) is 6. The molecule has 1 aromatic heterocycles. The van der Waals surface area contributed by atoms with Crippen LogP contribution in [0.15, 0.2) is 18.2 Å². The standard InChI is InChI=1S/C25H29N3O3S/c26-16-19-18-5-1-2-7-23(18)32-25(19)27-24(29)10-12-28-11-3-6-20(28)17-8-9-21-22(15-17)31-14-4-13-30-21/h8-9,15,20H,1-7,10-14H2,(H,27,29)/t20-/m0/s1. The molecule has 1 aliphatic carbocycles. The van der Waals surface area contributed by atoms with Crippen molar-refractivity contribution in [2.75, 3.05) is 31.6 Å². The van der Waals surface area contributed by atoms with E-state index in [0.717, 1.165) is 67.1 Å². The molecule has 1 aromatic carbocycles. The molecule has 0 radical (unpaired) electrons. The monoisotopic (exact) mass is 451 g/mol. The van der Waals surface area contributed by atoms with Gasteiger partial charge in [-0.25, -0.2) is 0 Å². The highest BCUT2D eigenvalue weighted by molar-refractivity contribution is 7.16. The van der Waals surface area contributed by atoms with Crippen molar-refractivity contribution in [3.05, 3.63) is 39.8 Å². The topological polar surface area (TPSA) is 74.6 Å². The third-order valence-electron chi connectivity index (χ3n) is 6.68. The van der Waals surface area contributed by atoms with E-state index < -0.39 is 0 Å². The molecule has 1 saturated heterocycles. The van der Waals surface area contributed by atoms with Gasteiger partial charge in [-0.2, -0.15) is 5.26 Å². The Balaban J connectivity index is 1.22. The van der Waals surface area contributed by atoms with Gasteiger partial charge in [-0.15, -0.1) is 11.3 Å². The second kappa shape index (κ2) is 9.51. The number of ether oxygens (including phenoxy) is 2. The molecule has 0 bridgehead atoms. The summed E-state index contributed by atoms with van der Waals surface area (Å²) in [5, 5.41) is 13.4. The average Bonchev–Trinajstić information content (AvgIpc) is 3.34. The summed E-state index contributed by atoms with van der Waals surface area (Å²) in [7, 11) is 0. The van der Waals surface area contributed by atoms with Gasteiger partial charge in [0, 0.05) is 30.3 Å². The van der Waals surface area contributed by atoms with E-state index in [-0.39, 0.29) is 5.91 Å². The smallest absolute Gasteiger partial charge is 0.226 e. The molecule has 1 fully saturated rings. The van der Waals surface area contributed by atoms with Gasteiger partial charge in [-0.3, -0.25) is 9.69 Å². The van der Waals surface area contributed by atoms with Crippen molar-refractivity contribution in [2.24, 2.45) is 0 Å². The van der Waals surface area contributed by atoms with Crippen LogP contribution < -0.4 is 14.8 Å². The predicted octanol–water partition coefficient (Wildman–Crippen LogP) is 4.83. The van der Waals surface area contributed by atoms with Crippen LogP contribution in [0.3, 0.4) is 0 Å². The van der Waals surface area contributed by atoms with Gasteiger partial charge in [0.05, 0.1) is 18.8 Å². The number of carbonyl (C=O) groups excluding carboxylic acids is 1. The lowest BCUT2D eigenvalue weighted by atomic mass is 9.96. The number of carbonyl (C=O) groups is 1. The predicted molar refractivity (Wildman–Crippen MR) is 125 cm³/mol. The van der Waals surface area contributed by atoms with E-state index in [1.165, 1.54) is 16.9 Å². The lowest BCUT2D eigenvalue weighted by molar-refractivity contribution is -0.116. The minimum Gasteiger partial charge on any atom is -0.490 e. The fraction of sp³-hybridized carbons (Fsp3) is 0.520. The maximum absolute atomic E-state index is 12.7. The molecule has 3 aliphatic rings. The molecular weight excluding hydrogens is 422 g/mol. The highest BCUT2D eigenvalue weighted by Crippen LogP contribution is 2.39. The first kappa shape index (κ1) is 21.3. The molecular formula is C25H29N3O3S. The summed E-state index contributed by atoms with van der Waals surface area (Å²) in [6, 6.07) is 8.88. The maximum atomic E-state index is 12.7. The summed E-state index contributed by atoms with van der Waals surface area (Å²) in [6.45, 7) is 3.07. The Bertz CT molecular complexity index is 1040. The van der Waals surface area contributed by atoms with E-state index in [4.69, 9.17) is 9.47 Å². The minimum absolute atomic E-state index is 0.00981. The van der Waals surface area contributed by atoms with Gasteiger partial charge in [0.25, 0.3) is 0 Å². The number of hydrogen-bond donors (Lipinski definition) is 1. The quantitative estimate of drug-likeness (QED) is 0.705. The van der Waals surface area contributed by atoms with Crippen LogP contribution in [0.4, 0.5) is 5.00 Å². The second-order valence-corrected chi connectivity index (χ2v) is 9.88. The summed E-state index contributed by atoms with van der Waals surface area (Å²) in [6.07, 6.45) is 7.80. The lowest BCUT2D eigenvalue weighted by Crippen LogP contribution is -2.27. The van der Waals surface area contributed by atoms with Gasteiger partial charge < -0.3 is 14.8 Å². The van der Waals surface area contributed by atoms with E-state index in [1.807, 2.05) is 6.07 Å². The van der Waals surface area contributed by atoms with Crippen molar-refractivity contribution < 1.29 is 14.3 Å². The molecule has 1 N–H and O–H groups in total. The zero-order valence-electron chi connectivity index (χ0n) is 18.3. The van der Waals surface area contributed by atoms with E-state index >= 15 is 0 Å². The van der Waals surface area contributed by atoms with E-state index in [0.29, 0.717) is 37.8 Å². The van der Waals surface area contributed by atoms with Crippen molar-refractivity contribution in [3.63, 3.8) is 0 Å². The molecule has 168 valence electrons. The molecule has 2 aliphatic heterocycles. The van der Waals surface area contributed by atoms with E-state index in [1.54, 1.807) is 11.3 Å². The Kier molecular flexibility index (Phi) is 6.33. The Labute approximate surface area is 193 Å². The molecule has 5 rings (SSSR count). The number of nitrogens with zero attached hydrogens (tertiary/aromatic N) is 2. The Morgan fingerprint density at radius 1 is 1.16 bits per heavy atom. The third kappa shape index (κ3) is 4.35. The first-order valence-electron chi connectivity index (χ1n) is 11.7. The molecule has 1 amide bonds. The van der Waals surface area contributed by atoms with Crippen LogP contribution in [-0.4, -0.2) is 37.1 Å². The van der Waals surface area contributed by atoms with Crippen LogP contribution in [0, 0.1) is 11.3 Å². The van der Waals surface area contributed by atoms with Crippen LogP contribution in [0.2, 0.25) is 0 Å². The van der Waals surface area contributed by atoms with Crippen molar-refractivity contribution in [1.29, 1.82) is 5.26 Å². The van der Waals surface area contributed by atoms with Crippen LogP contribution >= 0.6 is 11.3 Å². The minimum atomic E-state index is -0.00981. The molecule has 6 nitrogen and oxygen atoms in total. The van der Waals surface area contributed by atoms with Gasteiger partial charge in [-0.1, -0.05) is 6.07 Å². The van der Waals surface area contributed by atoms with Crippen molar-refractivity contribution in [2.45, 2.75) is 57.4 Å². The summed E-state index contributed by atoms with van der Waals surface area (Å²) >= 11 is 1.59. The molecule has 32 heavy (non-hydrogen) atoms. The van der Waals surface area contributed by atoms with Gasteiger partial charge in [-0.05, 0) is 68.3 Å². The molecule has 3 heterocycles. The highest BCUT2D eigenvalue weighted by atomic mass is 32.1. The molecule has 0 unspecified atom stereocenters. The normalized spacial score (nSPS) is 20.3. The zero-order chi connectivity index (χ0) is 21.9. The Morgan fingerprint density at radius 2 is 2.00 bits per heavy atom. The van der Waals surface area contributed by atoms with E-state index in [9.17, 15) is 10.1 Å². The largest absolute Gasteiger partial charge is 0.490 e. The number of anilines is 1. The van der Waals surface area contributed by atoms with Gasteiger partial charge in [0.2, 0.25) is 5.91 Å². The molecule has 0 saturated carbocycles. The average molecular weight is 452 g/mol. The summed E-state index contributed by atoms with van der Waals surface area (Å²) in [5.74, 6) is 1.64. The maximum Gasteiger partial charge on any atom is 0.226 e. The number of thiophene rings is 1. The molecule has 1 atom stereocenters. The number of rotatable bonds is 5. The molecule has 2 aromatic rings. The fourth-order valence-corrected chi connectivity index (χ4v) is 6.32. The zero-order valence-corrected chi connectivity index (χ0v) is 19.1. The van der Waals surface area contributed by atoms with Crippen LogP contribution in [0.1, 0.15) is 66.1 Å². The lowest BCUT2D eigenvalue weighted by Gasteiger charge is -2.25. The summed E-state index contributed by atoms with van der Waals surface area (Å²) in [5.41, 5.74) is 3.07. The fourth-order valence-electron chi connectivity index (χ4n) is 5.06. The molecule has 7 heteroatoms. The number of nitrogens with one attached hydrogen (secondary N) is 1. The van der Waals surface area contributed by atoms with E-state index in [2.05, 4.69) is 28.4 Å². The number of aryl methyl sites for hydroxylation is 1. The Hall–Kier alpha value is -2.56. The Morgan fingerprint density at radius 3 is 2.88 bits per heavy atom. The number of amides is 1. The highest BCUT2D eigenvalue weighted by Gasteiger charge is 2.28. The third-order valence-corrected chi connectivity index (χ3v) is 7.89. The first-order valence-corrected chi connectivity index (χ1v) is 12.5.